The number of ether oxygens (including phenoxy) is 1. The van der Waals surface area contributed by atoms with Gasteiger partial charge in [0.1, 0.15) is 22.5 Å². The predicted molar refractivity (Wildman–Crippen MR) is 110 cm³/mol. The van der Waals surface area contributed by atoms with Gasteiger partial charge in [-0.1, -0.05) is 30.3 Å². The van der Waals surface area contributed by atoms with Crippen LogP contribution in [0.2, 0.25) is 0 Å². The molecular weight excluding hydrogens is 372 g/mol. The van der Waals surface area contributed by atoms with Gasteiger partial charge in [0, 0.05) is 28.5 Å². The molecule has 0 aliphatic heterocycles. The standard InChI is InChI=1S/C22H14N2O3S/c1-13-9-19(25)27-18-10-15(7-8-16(13)18)26-21-20-17(14-5-3-2-4-6-14)11-28-22(20)24-12-23-21/h2-12H,1H3. The zero-order chi connectivity index (χ0) is 19.1. The SMILES string of the molecule is Cc1cc(=O)oc2cc(Oc3ncnc4scc(-c5ccccc5)c34)ccc12. The van der Waals surface area contributed by atoms with E-state index in [0.717, 1.165) is 32.3 Å². The maximum atomic E-state index is 11.7. The molecule has 2 aromatic carbocycles. The third-order valence-electron chi connectivity index (χ3n) is 4.56. The highest BCUT2D eigenvalue weighted by atomic mass is 32.1. The first kappa shape index (κ1) is 16.6. The van der Waals surface area contributed by atoms with Crippen LogP contribution in [0.15, 0.2) is 75.5 Å². The molecule has 0 amide bonds. The van der Waals surface area contributed by atoms with Gasteiger partial charge in [-0.15, -0.1) is 11.3 Å². The van der Waals surface area contributed by atoms with Crippen LogP contribution in [0.4, 0.5) is 0 Å². The van der Waals surface area contributed by atoms with Crippen LogP contribution in [0, 0.1) is 6.92 Å². The highest BCUT2D eigenvalue weighted by molar-refractivity contribution is 7.17. The summed E-state index contributed by atoms with van der Waals surface area (Å²) < 4.78 is 11.4. The molecule has 0 spiro atoms. The first-order chi connectivity index (χ1) is 13.7. The van der Waals surface area contributed by atoms with E-state index in [0.29, 0.717) is 17.2 Å². The molecule has 3 aromatic heterocycles. The summed E-state index contributed by atoms with van der Waals surface area (Å²) in [4.78, 5) is 21.3. The van der Waals surface area contributed by atoms with Crippen molar-refractivity contribution in [3.05, 3.63) is 82.3 Å². The molecule has 0 aliphatic rings. The lowest BCUT2D eigenvalue weighted by atomic mass is 10.1. The maximum absolute atomic E-state index is 11.7. The average Bonchev–Trinajstić information content (AvgIpc) is 3.13. The second kappa shape index (κ2) is 6.58. The molecule has 6 heteroatoms. The predicted octanol–water partition coefficient (Wildman–Crippen LogP) is 5.57. The number of hydrogen-bond acceptors (Lipinski definition) is 6. The van der Waals surface area contributed by atoms with E-state index in [9.17, 15) is 4.79 Å². The van der Waals surface area contributed by atoms with E-state index in [2.05, 4.69) is 15.3 Å². The van der Waals surface area contributed by atoms with Gasteiger partial charge in [-0.25, -0.2) is 14.8 Å². The molecule has 5 rings (SSSR count). The van der Waals surface area contributed by atoms with Crippen LogP contribution in [0.5, 0.6) is 11.6 Å². The van der Waals surface area contributed by atoms with Gasteiger partial charge in [0.2, 0.25) is 5.88 Å². The number of fused-ring (bicyclic) bond motifs is 2. The Morgan fingerprint density at radius 1 is 1.04 bits per heavy atom. The third kappa shape index (κ3) is 2.84. The number of rotatable bonds is 3. The Morgan fingerprint density at radius 2 is 1.89 bits per heavy atom. The molecule has 5 aromatic rings. The largest absolute Gasteiger partial charge is 0.438 e. The minimum Gasteiger partial charge on any atom is -0.438 e. The van der Waals surface area contributed by atoms with E-state index < -0.39 is 0 Å². The highest BCUT2D eigenvalue weighted by Gasteiger charge is 2.15. The molecule has 3 heterocycles. The van der Waals surface area contributed by atoms with Crippen LogP contribution < -0.4 is 10.4 Å². The summed E-state index contributed by atoms with van der Waals surface area (Å²) in [5.74, 6) is 1.02. The van der Waals surface area contributed by atoms with Gasteiger partial charge in [-0.3, -0.25) is 0 Å². The van der Waals surface area contributed by atoms with Crippen molar-refractivity contribution in [3.8, 4) is 22.8 Å². The van der Waals surface area contributed by atoms with Gasteiger partial charge in [-0.2, -0.15) is 0 Å². The van der Waals surface area contributed by atoms with E-state index in [-0.39, 0.29) is 5.63 Å². The smallest absolute Gasteiger partial charge is 0.336 e. The minimum absolute atomic E-state index is 0.379. The van der Waals surface area contributed by atoms with Gasteiger partial charge in [-0.05, 0) is 30.2 Å². The molecule has 0 fully saturated rings. The lowest BCUT2D eigenvalue weighted by Crippen LogP contribution is -1.98. The zero-order valence-electron chi connectivity index (χ0n) is 14.9. The molecule has 0 unspecified atom stereocenters. The number of aromatic nitrogens is 2. The van der Waals surface area contributed by atoms with Gasteiger partial charge in [0.15, 0.2) is 0 Å². The van der Waals surface area contributed by atoms with Gasteiger partial charge >= 0.3 is 5.63 Å². The Labute approximate surface area is 163 Å². The summed E-state index contributed by atoms with van der Waals surface area (Å²) >= 11 is 1.55. The Kier molecular flexibility index (Phi) is 3.91. The molecule has 136 valence electrons. The van der Waals surface area contributed by atoms with Gasteiger partial charge < -0.3 is 9.15 Å². The van der Waals surface area contributed by atoms with Crippen molar-refractivity contribution in [1.82, 2.24) is 9.97 Å². The number of thiophene rings is 1. The van der Waals surface area contributed by atoms with Crippen LogP contribution in [-0.2, 0) is 0 Å². The van der Waals surface area contributed by atoms with E-state index in [1.54, 1.807) is 17.4 Å². The van der Waals surface area contributed by atoms with Crippen molar-refractivity contribution in [3.63, 3.8) is 0 Å². The van der Waals surface area contributed by atoms with Gasteiger partial charge in [0.25, 0.3) is 0 Å². The van der Waals surface area contributed by atoms with Crippen LogP contribution in [-0.4, -0.2) is 9.97 Å². The molecule has 0 radical (unpaired) electrons. The number of hydrogen-bond donors (Lipinski definition) is 0. The summed E-state index contributed by atoms with van der Waals surface area (Å²) in [6.07, 6.45) is 1.49. The summed E-state index contributed by atoms with van der Waals surface area (Å²) in [7, 11) is 0. The van der Waals surface area contributed by atoms with Crippen LogP contribution in [0.25, 0.3) is 32.3 Å². The van der Waals surface area contributed by atoms with E-state index in [1.165, 1.54) is 12.4 Å². The normalized spacial score (nSPS) is 11.2. The second-order valence-electron chi connectivity index (χ2n) is 6.38. The topological polar surface area (TPSA) is 65.2 Å². The Morgan fingerprint density at radius 3 is 2.75 bits per heavy atom. The molecule has 0 atom stereocenters. The van der Waals surface area contributed by atoms with Crippen molar-refractivity contribution in [1.29, 1.82) is 0 Å². The molecule has 28 heavy (non-hydrogen) atoms. The molecule has 0 saturated carbocycles. The number of benzene rings is 2. The van der Waals surface area contributed by atoms with Crippen LogP contribution in [0.1, 0.15) is 5.56 Å². The number of nitrogens with zero attached hydrogens (tertiary/aromatic N) is 2. The van der Waals surface area contributed by atoms with Crippen molar-refractivity contribution < 1.29 is 9.15 Å². The minimum atomic E-state index is -0.379. The second-order valence-corrected chi connectivity index (χ2v) is 7.24. The first-order valence-corrected chi connectivity index (χ1v) is 9.57. The van der Waals surface area contributed by atoms with Gasteiger partial charge in [0.05, 0.1) is 5.39 Å². The van der Waals surface area contributed by atoms with Crippen molar-refractivity contribution in [2.24, 2.45) is 0 Å². The summed E-state index contributed by atoms with van der Waals surface area (Å²) in [5, 5.41) is 3.80. The van der Waals surface area contributed by atoms with Crippen LogP contribution in [0.3, 0.4) is 0 Å². The summed E-state index contributed by atoms with van der Waals surface area (Å²) in [6, 6.07) is 17.0. The molecule has 0 saturated heterocycles. The molecule has 0 aliphatic carbocycles. The summed E-state index contributed by atoms with van der Waals surface area (Å²) in [5.41, 5.74) is 3.08. The van der Waals surface area contributed by atoms with Crippen molar-refractivity contribution >= 4 is 32.5 Å². The molecule has 0 bridgehead atoms. The lowest BCUT2D eigenvalue weighted by Gasteiger charge is -2.08. The zero-order valence-corrected chi connectivity index (χ0v) is 15.7. The first-order valence-electron chi connectivity index (χ1n) is 8.69. The van der Waals surface area contributed by atoms with E-state index >= 15 is 0 Å². The Hall–Kier alpha value is -3.51. The fraction of sp³-hybridized carbons (Fsp3) is 0.0455. The fourth-order valence-electron chi connectivity index (χ4n) is 3.24. The maximum Gasteiger partial charge on any atom is 0.336 e. The number of aryl methyl sites for hydroxylation is 1. The Balaban J connectivity index is 1.63. The fourth-order valence-corrected chi connectivity index (χ4v) is 4.14. The highest BCUT2D eigenvalue weighted by Crippen LogP contribution is 2.39. The monoisotopic (exact) mass is 386 g/mol. The van der Waals surface area contributed by atoms with Crippen LogP contribution >= 0.6 is 11.3 Å². The molecular formula is C22H14N2O3S. The lowest BCUT2D eigenvalue weighted by molar-refractivity contribution is 0.466. The average molecular weight is 386 g/mol. The van der Waals surface area contributed by atoms with E-state index in [1.807, 2.05) is 49.4 Å². The summed E-state index contributed by atoms with van der Waals surface area (Å²) in [6.45, 7) is 1.88. The molecule has 5 nitrogen and oxygen atoms in total. The molecule has 0 N–H and O–H groups in total. The quantitative estimate of drug-likeness (QED) is 0.380. The van der Waals surface area contributed by atoms with Crippen molar-refractivity contribution in [2.75, 3.05) is 0 Å². The third-order valence-corrected chi connectivity index (χ3v) is 5.44. The van der Waals surface area contributed by atoms with E-state index in [4.69, 9.17) is 9.15 Å². The van der Waals surface area contributed by atoms with Crippen molar-refractivity contribution in [2.45, 2.75) is 6.92 Å². The Bertz CT molecular complexity index is 1370.